The molecule has 5 heteroatoms. The Morgan fingerprint density at radius 2 is 1.95 bits per heavy atom. The third-order valence-electron chi connectivity index (χ3n) is 2.62. The number of hydrogen-bond donors (Lipinski definition) is 2. The van der Waals surface area contributed by atoms with Crippen LogP contribution >= 0.6 is 0 Å². The lowest BCUT2D eigenvalue weighted by Crippen LogP contribution is -2.15. The van der Waals surface area contributed by atoms with Crippen molar-refractivity contribution in [2.45, 2.75) is 6.42 Å². The van der Waals surface area contributed by atoms with Gasteiger partial charge in [-0.3, -0.25) is 4.79 Å². The molecule has 2 aromatic carbocycles. The van der Waals surface area contributed by atoms with Crippen molar-refractivity contribution in [3.8, 4) is 5.75 Å². The molecule has 0 bridgehead atoms. The first-order valence-corrected chi connectivity index (χ1v) is 6.18. The maximum absolute atomic E-state index is 13.0. The van der Waals surface area contributed by atoms with E-state index in [2.05, 4.69) is 5.32 Å². The fourth-order valence-electron chi connectivity index (χ4n) is 1.62. The Hall–Kier alpha value is -2.56. The summed E-state index contributed by atoms with van der Waals surface area (Å²) in [6.45, 7) is 0.270. The summed E-state index contributed by atoms with van der Waals surface area (Å²) in [7, 11) is 0. The van der Waals surface area contributed by atoms with Gasteiger partial charge in [0.25, 0.3) is 0 Å². The lowest BCUT2D eigenvalue weighted by atomic mass is 10.2. The second kappa shape index (κ2) is 6.56. The highest BCUT2D eigenvalue weighted by atomic mass is 19.1. The molecule has 4 nitrogen and oxygen atoms in total. The third-order valence-corrected chi connectivity index (χ3v) is 2.62. The van der Waals surface area contributed by atoms with Crippen LogP contribution in [0.25, 0.3) is 0 Å². The van der Waals surface area contributed by atoms with Crippen LogP contribution in [0.5, 0.6) is 5.75 Å². The fraction of sp³-hybridized carbons (Fsp3) is 0.133. The number of carbonyl (C=O) groups is 1. The van der Waals surface area contributed by atoms with Gasteiger partial charge in [-0.25, -0.2) is 4.39 Å². The van der Waals surface area contributed by atoms with Crippen LogP contribution in [0.2, 0.25) is 0 Å². The minimum Gasteiger partial charge on any atom is -0.493 e. The molecule has 20 heavy (non-hydrogen) atoms. The SMILES string of the molecule is Nc1cc(NC(=O)CCOc2ccccc2)ccc1F. The molecule has 0 spiro atoms. The van der Waals surface area contributed by atoms with E-state index in [1.807, 2.05) is 30.3 Å². The van der Waals surface area contributed by atoms with Crippen molar-refractivity contribution in [3.63, 3.8) is 0 Å². The maximum atomic E-state index is 13.0. The number of rotatable bonds is 5. The van der Waals surface area contributed by atoms with Crippen molar-refractivity contribution in [2.24, 2.45) is 0 Å². The lowest BCUT2D eigenvalue weighted by Gasteiger charge is -2.08. The Morgan fingerprint density at radius 3 is 2.65 bits per heavy atom. The van der Waals surface area contributed by atoms with E-state index in [1.54, 1.807) is 0 Å². The summed E-state index contributed by atoms with van der Waals surface area (Å²) in [5.74, 6) is -0.00586. The third kappa shape index (κ3) is 3.98. The smallest absolute Gasteiger partial charge is 0.227 e. The topological polar surface area (TPSA) is 64.3 Å². The predicted octanol–water partition coefficient (Wildman–Crippen LogP) is 2.82. The van der Waals surface area contributed by atoms with Gasteiger partial charge < -0.3 is 15.8 Å². The average Bonchev–Trinajstić information content (AvgIpc) is 2.44. The number of amides is 1. The van der Waals surface area contributed by atoms with Gasteiger partial charge in [-0.05, 0) is 30.3 Å². The quantitative estimate of drug-likeness (QED) is 0.824. The Labute approximate surface area is 116 Å². The van der Waals surface area contributed by atoms with Crippen molar-refractivity contribution >= 4 is 17.3 Å². The molecule has 0 saturated carbocycles. The van der Waals surface area contributed by atoms with Crippen LogP contribution in [-0.2, 0) is 4.79 Å². The summed E-state index contributed by atoms with van der Waals surface area (Å²) >= 11 is 0. The summed E-state index contributed by atoms with van der Waals surface area (Å²) in [6.07, 6.45) is 0.201. The first-order chi connectivity index (χ1) is 9.65. The van der Waals surface area contributed by atoms with Crippen molar-refractivity contribution in [1.82, 2.24) is 0 Å². The van der Waals surface area contributed by atoms with Crippen LogP contribution in [0.15, 0.2) is 48.5 Å². The molecule has 0 aliphatic carbocycles. The molecule has 3 N–H and O–H groups in total. The van der Waals surface area contributed by atoms with E-state index >= 15 is 0 Å². The number of halogens is 1. The fourth-order valence-corrected chi connectivity index (χ4v) is 1.62. The van der Waals surface area contributed by atoms with Crippen LogP contribution < -0.4 is 15.8 Å². The number of nitrogens with one attached hydrogen (secondary N) is 1. The minimum atomic E-state index is -0.504. The van der Waals surface area contributed by atoms with E-state index in [0.29, 0.717) is 11.4 Å². The van der Waals surface area contributed by atoms with E-state index in [-0.39, 0.29) is 24.6 Å². The molecule has 0 heterocycles. The second-order valence-corrected chi connectivity index (χ2v) is 4.20. The molecule has 0 aromatic heterocycles. The summed E-state index contributed by atoms with van der Waals surface area (Å²) in [6, 6.07) is 13.3. The summed E-state index contributed by atoms with van der Waals surface area (Å²) in [4.78, 5) is 11.7. The van der Waals surface area contributed by atoms with Crippen molar-refractivity contribution in [1.29, 1.82) is 0 Å². The number of benzene rings is 2. The van der Waals surface area contributed by atoms with Gasteiger partial charge in [0, 0.05) is 5.69 Å². The van der Waals surface area contributed by atoms with Gasteiger partial charge in [-0.15, -0.1) is 0 Å². The highest BCUT2D eigenvalue weighted by Gasteiger charge is 2.05. The number of carbonyl (C=O) groups excluding carboxylic acids is 1. The van der Waals surface area contributed by atoms with Crippen molar-refractivity contribution < 1.29 is 13.9 Å². The number of para-hydroxylation sites is 1. The van der Waals surface area contributed by atoms with Gasteiger partial charge in [0.15, 0.2) is 0 Å². The predicted molar refractivity (Wildman–Crippen MR) is 76.0 cm³/mol. The Morgan fingerprint density at radius 1 is 1.20 bits per heavy atom. The Kier molecular flexibility index (Phi) is 4.55. The van der Waals surface area contributed by atoms with Crippen LogP contribution in [0.4, 0.5) is 15.8 Å². The molecular formula is C15H15FN2O2. The molecule has 0 atom stereocenters. The largest absolute Gasteiger partial charge is 0.493 e. The van der Waals surface area contributed by atoms with Crippen LogP contribution in [0, 0.1) is 5.82 Å². The number of nitrogen functional groups attached to an aromatic ring is 1. The van der Waals surface area contributed by atoms with E-state index in [4.69, 9.17) is 10.5 Å². The van der Waals surface area contributed by atoms with E-state index in [9.17, 15) is 9.18 Å². The van der Waals surface area contributed by atoms with Gasteiger partial charge in [0.2, 0.25) is 5.91 Å². The monoisotopic (exact) mass is 274 g/mol. The number of hydrogen-bond acceptors (Lipinski definition) is 3. The van der Waals surface area contributed by atoms with Crippen molar-refractivity contribution in [2.75, 3.05) is 17.7 Å². The molecule has 2 rings (SSSR count). The number of ether oxygens (including phenoxy) is 1. The molecule has 104 valence electrons. The maximum Gasteiger partial charge on any atom is 0.227 e. The molecule has 0 aliphatic heterocycles. The summed E-state index contributed by atoms with van der Waals surface area (Å²) in [5, 5.41) is 2.63. The molecule has 0 aliphatic rings. The minimum absolute atomic E-state index is 0.00309. The second-order valence-electron chi connectivity index (χ2n) is 4.20. The van der Waals surface area contributed by atoms with E-state index < -0.39 is 5.82 Å². The molecular weight excluding hydrogens is 259 g/mol. The molecule has 0 saturated heterocycles. The summed E-state index contributed by atoms with van der Waals surface area (Å²) in [5.41, 5.74) is 5.89. The van der Waals surface area contributed by atoms with E-state index in [1.165, 1.54) is 18.2 Å². The van der Waals surface area contributed by atoms with E-state index in [0.717, 1.165) is 0 Å². The normalized spacial score (nSPS) is 10.1. The zero-order valence-corrected chi connectivity index (χ0v) is 10.8. The summed E-state index contributed by atoms with van der Waals surface area (Å²) < 4.78 is 18.4. The zero-order chi connectivity index (χ0) is 14.4. The average molecular weight is 274 g/mol. The molecule has 0 unspecified atom stereocenters. The van der Waals surface area contributed by atoms with Gasteiger partial charge >= 0.3 is 0 Å². The highest BCUT2D eigenvalue weighted by molar-refractivity contribution is 5.91. The van der Waals surface area contributed by atoms with Crippen LogP contribution in [-0.4, -0.2) is 12.5 Å². The van der Waals surface area contributed by atoms with Crippen LogP contribution in [0.3, 0.4) is 0 Å². The standard InChI is InChI=1S/C15H15FN2O2/c16-13-7-6-11(10-14(13)17)18-15(19)8-9-20-12-4-2-1-3-5-12/h1-7,10H,8-9,17H2,(H,18,19). The molecule has 0 radical (unpaired) electrons. The molecule has 1 amide bonds. The molecule has 2 aromatic rings. The zero-order valence-electron chi connectivity index (χ0n) is 10.8. The van der Waals surface area contributed by atoms with Crippen molar-refractivity contribution in [3.05, 3.63) is 54.3 Å². The van der Waals surface area contributed by atoms with Gasteiger partial charge in [-0.2, -0.15) is 0 Å². The Balaban J connectivity index is 1.79. The highest BCUT2D eigenvalue weighted by Crippen LogP contribution is 2.16. The van der Waals surface area contributed by atoms with Gasteiger partial charge in [-0.1, -0.05) is 18.2 Å². The Bertz CT molecular complexity index is 588. The van der Waals surface area contributed by atoms with Gasteiger partial charge in [0.1, 0.15) is 11.6 Å². The van der Waals surface area contributed by atoms with Crippen LogP contribution in [0.1, 0.15) is 6.42 Å². The van der Waals surface area contributed by atoms with Gasteiger partial charge in [0.05, 0.1) is 18.7 Å². The first-order valence-electron chi connectivity index (χ1n) is 6.18. The lowest BCUT2D eigenvalue weighted by molar-refractivity contribution is -0.116. The number of anilines is 2. The molecule has 0 fully saturated rings. The first kappa shape index (κ1) is 13.9. The number of nitrogens with two attached hydrogens (primary N) is 1.